The highest BCUT2D eigenvalue weighted by atomic mass is 19.1. The first kappa shape index (κ1) is 16.8. The molecule has 2 aromatic rings. The maximum atomic E-state index is 13.5. The molecule has 2 aromatic carbocycles. The molecule has 0 spiro atoms. The van der Waals surface area contributed by atoms with Gasteiger partial charge in [0.1, 0.15) is 5.82 Å². The van der Waals surface area contributed by atoms with E-state index in [1.807, 2.05) is 0 Å². The van der Waals surface area contributed by atoms with Gasteiger partial charge in [-0.25, -0.2) is 4.39 Å². The van der Waals surface area contributed by atoms with Crippen molar-refractivity contribution in [3.05, 3.63) is 65.0 Å². The molecule has 2 N–H and O–H groups in total. The van der Waals surface area contributed by atoms with E-state index in [9.17, 15) is 18.8 Å². The highest BCUT2D eigenvalue weighted by molar-refractivity contribution is 6.04. The lowest BCUT2D eigenvalue weighted by Crippen LogP contribution is -2.22. The van der Waals surface area contributed by atoms with Crippen molar-refractivity contribution in [2.75, 3.05) is 5.32 Å². The van der Waals surface area contributed by atoms with E-state index in [-0.39, 0.29) is 29.7 Å². The zero-order valence-corrected chi connectivity index (χ0v) is 13.6. The molecule has 1 aliphatic rings. The predicted octanol–water partition coefficient (Wildman–Crippen LogP) is 2.59. The molecule has 0 saturated carbocycles. The van der Waals surface area contributed by atoms with Crippen molar-refractivity contribution < 1.29 is 18.8 Å². The van der Waals surface area contributed by atoms with Crippen molar-refractivity contribution in [2.45, 2.75) is 19.8 Å². The Balaban J connectivity index is 1.64. The molecule has 3 rings (SSSR count). The molecular weight excluding hydrogens is 323 g/mol. The molecular formula is C19H17FN2O3. The zero-order valence-electron chi connectivity index (χ0n) is 13.6. The molecule has 0 bridgehead atoms. The van der Waals surface area contributed by atoms with Crippen LogP contribution in [0.5, 0.6) is 0 Å². The van der Waals surface area contributed by atoms with Crippen LogP contribution in [-0.4, -0.2) is 17.7 Å². The van der Waals surface area contributed by atoms with E-state index in [1.54, 1.807) is 43.3 Å². The summed E-state index contributed by atoms with van der Waals surface area (Å²) in [7, 11) is 0. The number of anilines is 1. The van der Waals surface area contributed by atoms with E-state index in [1.165, 1.54) is 6.07 Å². The van der Waals surface area contributed by atoms with Crippen LogP contribution in [0.4, 0.5) is 10.1 Å². The van der Waals surface area contributed by atoms with Gasteiger partial charge in [0.25, 0.3) is 5.91 Å². The van der Waals surface area contributed by atoms with E-state index < -0.39 is 11.7 Å². The van der Waals surface area contributed by atoms with Crippen LogP contribution in [0.1, 0.15) is 27.9 Å². The third-order valence-corrected chi connectivity index (χ3v) is 4.19. The second kappa shape index (κ2) is 6.84. The number of carbonyl (C=O) groups excluding carboxylic acids is 3. The van der Waals surface area contributed by atoms with Crippen LogP contribution in [0.25, 0.3) is 0 Å². The summed E-state index contributed by atoms with van der Waals surface area (Å²) in [5.74, 6) is -1.66. The van der Waals surface area contributed by atoms with Crippen LogP contribution in [0, 0.1) is 18.7 Å². The maximum absolute atomic E-state index is 13.5. The van der Waals surface area contributed by atoms with Crippen molar-refractivity contribution in [1.29, 1.82) is 0 Å². The lowest BCUT2D eigenvalue weighted by molar-refractivity contribution is -0.125. The van der Waals surface area contributed by atoms with Gasteiger partial charge in [-0.2, -0.15) is 0 Å². The fourth-order valence-corrected chi connectivity index (χ4v) is 2.72. The summed E-state index contributed by atoms with van der Waals surface area (Å²) in [4.78, 5) is 34.9. The minimum absolute atomic E-state index is 0.205. The van der Waals surface area contributed by atoms with Crippen LogP contribution in [-0.2, 0) is 16.0 Å². The van der Waals surface area contributed by atoms with Crippen LogP contribution < -0.4 is 10.6 Å². The number of amides is 3. The van der Waals surface area contributed by atoms with Gasteiger partial charge in [0, 0.05) is 17.7 Å². The molecule has 3 amide bonds. The van der Waals surface area contributed by atoms with Crippen molar-refractivity contribution in [1.82, 2.24) is 5.32 Å². The number of rotatable bonds is 4. The molecule has 6 heteroatoms. The monoisotopic (exact) mass is 340 g/mol. The standard InChI is InChI=1S/C19H17FN2O3/c1-11-2-5-13(9-16(11)20)18(24)21-15-6-3-12(4-7-15)8-14-10-17(23)22-19(14)25/h2-7,9,14H,8,10H2,1H3,(H,21,24)(H,22,23,25)/t14-/m0/s1. The minimum Gasteiger partial charge on any atom is -0.322 e. The summed E-state index contributed by atoms with van der Waals surface area (Å²) >= 11 is 0. The fourth-order valence-electron chi connectivity index (χ4n) is 2.72. The van der Waals surface area contributed by atoms with Gasteiger partial charge in [-0.15, -0.1) is 0 Å². The second-order valence-corrected chi connectivity index (χ2v) is 6.13. The number of halogens is 1. The number of imide groups is 1. The smallest absolute Gasteiger partial charge is 0.255 e. The van der Waals surface area contributed by atoms with E-state index >= 15 is 0 Å². The third-order valence-electron chi connectivity index (χ3n) is 4.19. The lowest BCUT2D eigenvalue weighted by atomic mass is 9.98. The Morgan fingerprint density at radius 2 is 1.92 bits per heavy atom. The molecule has 1 aliphatic heterocycles. The second-order valence-electron chi connectivity index (χ2n) is 6.13. The average molecular weight is 340 g/mol. The van der Waals surface area contributed by atoms with Gasteiger partial charge >= 0.3 is 0 Å². The highest BCUT2D eigenvalue weighted by Gasteiger charge is 2.30. The Morgan fingerprint density at radius 3 is 2.52 bits per heavy atom. The lowest BCUT2D eigenvalue weighted by Gasteiger charge is -2.09. The van der Waals surface area contributed by atoms with Crippen LogP contribution in [0.2, 0.25) is 0 Å². The SMILES string of the molecule is Cc1ccc(C(=O)Nc2ccc(C[C@H]3CC(=O)NC3=O)cc2)cc1F. The number of hydrogen-bond acceptors (Lipinski definition) is 3. The number of benzene rings is 2. The third kappa shape index (κ3) is 3.91. The fraction of sp³-hybridized carbons (Fsp3) is 0.211. The van der Waals surface area contributed by atoms with Crippen LogP contribution in [0.3, 0.4) is 0 Å². The molecule has 0 aromatic heterocycles. The summed E-state index contributed by atoms with van der Waals surface area (Å²) in [6, 6.07) is 11.3. The number of aryl methyl sites for hydroxylation is 1. The molecule has 0 unspecified atom stereocenters. The molecule has 5 nitrogen and oxygen atoms in total. The Hall–Kier alpha value is -3.02. The molecule has 1 heterocycles. The van der Waals surface area contributed by atoms with Crippen molar-refractivity contribution in [2.24, 2.45) is 5.92 Å². The van der Waals surface area contributed by atoms with Crippen molar-refractivity contribution in [3.63, 3.8) is 0 Å². The van der Waals surface area contributed by atoms with E-state index in [0.29, 0.717) is 17.7 Å². The zero-order chi connectivity index (χ0) is 18.0. The first-order valence-electron chi connectivity index (χ1n) is 7.92. The summed E-state index contributed by atoms with van der Waals surface area (Å²) in [6.07, 6.45) is 0.672. The topological polar surface area (TPSA) is 75.3 Å². The molecule has 1 atom stereocenters. The first-order chi connectivity index (χ1) is 11.9. The normalized spacial score (nSPS) is 16.6. The van der Waals surface area contributed by atoms with Gasteiger partial charge in [0.15, 0.2) is 0 Å². The van der Waals surface area contributed by atoms with Gasteiger partial charge in [0.2, 0.25) is 11.8 Å². The van der Waals surface area contributed by atoms with Crippen molar-refractivity contribution >= 4 is 23.4 Å². The number of hydrogen-bond donors (Lipinski definition) is 2. The van der Waals surface area contributed by atoms with Crippen molar-refractivity contribution in [3.8, 4) is 0 Å². The van der Waals surface area contributed by atoms with E-state index in [4.69, 9.17) is 0 Å². The molecule has 1 fully saturated rings. The van der Waals surface area contributed by atoms with Crippen LogP contribution >= 0.6 is 0 Å². The molecule has 1 saturated heterocycles. The Kier molecular flexibility index (Phi) is 4.61. The highest BCUT2D eigenvalue weighted by Crippen LogP contribution is 2.19. The quantitative estimate of drug-likeness (QED) is 0.840. The largest absolute Gasteiger partial charge is 0.322 e. The van der Waals surface area contributed by atoms with Crippen LogP contribution in [0.15, 0.2) is 42.5 Å². The molecule has 128 valence electrons. The molecule has 25 heavy (non-hydrogen) atoms. The summed E-state index contributed by atoms with van der Waals surface area (Å²) in [6.45, 7) is 1.63. The van der Waals surface area contributed by atoms with Gasteiger partial charge in [-0.1, -0.05) is 18.2 Å². The summed E-state index contributed by atoms with van der Waals surface area (Å²) in [5.41, 5.74) is 2.19. The van der Waals surface area contributed by atoms with E-state index in [2.05, 4.69) is 10.6 Å². The van der Waals surface area contributed by atoms with Gasteiger partial charge in [-0.3, -0.25) is 19.7 Å². The maximum Gasteiger partial charge on any atom is 0.255 e. The van der Waals surface area contributed by atoms with Gasteiger partial charge in [0.05, 0.1) is 5.92 Å². The average Bonchev–Trinajstić information content (AvgIpc) is 2.89. The Bertz CT molecular complexity index is 846. The predicted molar refractivity (Wildman–Crippen MR) is 90.5 cm³/mol. The number of nitrogens with one attached hydrogen (secondary N) is 2. The summed E-state index contributed by atoms with van der Waals surface area (Å²) in [5, 5.41) is 4.99. The Morgan fingerprint density at radius 1 is 1.20 bits per heavy atom. The Labute approximate surface area is 144 Å². The minimum atomic E-state index is -0.424. The number of carbonyl (C=O) groups is 3. The van der Waals surface area contributed by atoms with Gasteiger partial charge < -0.3 is 5.32 Å². The summed E-state index contributed by atoms with van der Waals surface area (Å²) < 4.78 is 13.5. The van der Waals surface area contributed by atoms with Gasteiger partial charge in [-0.05, 0) is 48.7 Å². The first-order valence-corrected chi connectivity index (χ1v) is 7.92. The molecule has 0 aliphatic carbocycles. The van der Waals surface area contributed by atoms with E-state index in [0.717, 1.165) is 5.56 Å². The molecule has 0 radical (unpaired) electrons.